The number of azide groups is 1. The first-order chi connectivity index (χ1) is 52.2. The van der Waals surface area contributed by atoms with Crippen LogP contribution in [0.3, 0.4) is 0 Å². The van der Waals surface area contributed by atoms with Crippen LogP contribution in [0, 0.1) is 5.41 Å². The summed E-state index contributed by atoms with van der Waals surface area (Å²) < 4.78 is 80.2. The molecule has 0 aliphatic carbocycles. The highest BCUT2D eigenvalue weighted by atomic mass is 16.8. The van der Waals surface area contributed by atoms with E-state index in [2.05, 4.69) is 35.3 Å². The molecule has 2 heterocycles. The van der Waals surface area contributed by atoms with Gasteiger partial charge in [-0.3, -0.25) is 14.4 Å². The molecule has 1 amide bonds. The number of unbranched alkanes of at least 4 members (excludes halogenated alkanes) is 20. The fraction of sp³-hybridized carbons (Fsp3) is 0.586. The molecule has 0 saturated carbocycles. The molecule has 0 bridgehead atoms. The quantitative estimate of drug-likeness (QED) is 0.00724. The summed E-state index contributed by atoms with van der Waals surface area (Å²) in [6.45, 7) is 10.5. The lowest BCUT2D eigenvalue weighted by atomic mass is 9.94. The van der Waals surface area contributed by atoms with Crippen molar-refractivity contribution in [1.82, 2.24) is 5.32 Å². The number of rotatable bonds is 52. The number of methoxy groups -OCH3 is 1. The molecule has 0 spiro atoms. The number of amides is 1. The second kappa shape index (κ2) is 50.4. The van der Waals surface area contributed by atoms with E-state index in [0.29, 0.717) is 6.42 Å². The Hall–Kier alpha value is -7.33. The summed E-state index contributed by atoms with van der Waals surface area (Å²) in [5.74, 6) is -2.55. The second-order valence-electron chi connectivity index (χ2n) is 29.2. The van der Waals surface area contributed by atoms with Gasteiger partial charge in [-0.15, -0.1) is 0 Å². The predicted octanol–water partition coefficient (Wildman–Crippen LogP) is 18.2. The van der Waals surface area contributed by atoms with Gasteiger partial charge in [0.05, 0.1) is 64.3 Å². The third kappa shape index (κ3) is 32.0. The maximum Gasteiger partial charge on any atom is 0.337 e. The van der Waals surface area contributed by atoms with Gasteiger partial charge in [-0.05, 0) is 79.8 Å². The average Bonchev–Trinajstić information content (AvgIpc) is 0.764. The summed E-state index contributed by atoms with van der Waals surface area (Å²) in [6, 6.07) is 45.2. The first-order valence-electron chi connectivity index (χ1n) is 39.5. The molecule has 2 saturated heterocycles. The number of nitrogens with one attached hydrogen (secondary N) is 1. The van der Waals surface area contributed by atoms with Gasteiger partial charge < -0.3 is 62.2 Å². The van der Waals surface area contributed by atoms with Crippen LogP contribution in [0.15, 0.2) is 169 Å². The third-order valence-electron chi connectivity index (χ3n) is 19.3. The highest BCUT2D eigenvalue weighted by Crippen LogP contribution is 2.38. The van der Waals surface area contributed by atoms with Crippen LogP contribution in [-0.2, 0) is 109 Å². The van der Waals surface area contributed by atoms with Crippen molar-refractivity contribution in [3.8, 4) is 0 Å². The molecule has 586 valence electrons. The van der Waals surface area contributed by atoms with E-state index in [4.69, 9.17) is 56.8 Å². The Morgan fingerprint density at radius 3 is 1.43 bits per heavy atom. The van der Waals surface area contributed by atoms with Crippen LogP contribution in [0.1, 0.15) is 217 Å². The predicted molar refractivity (Wildman–Crippen MR) is 413 cm³/mol. The van der Waals surface area contributed by atoms with Gasteiger partial charge in [0.25, 0.3) is 5.91 Å². The minimum atomic E-state index is -1.70. The van der Waals surface area contributed by atoms with Crippen molar-refractivity contribution in [2.45, 2.75) is 302 Å². The molecule has 0 unspecified atom stereocenters. The number of benzene rings is 5. The van der Waals surface area contributed by atoms with Crippen molar-refractivity contribution in [2.75, 3.05) is 20.3 Å². The molecule has 0 aromatic heterocycles. The molecule has 2 aliphatic heterocycles. The molecule has 20 nitrogen and oxygen atoms in total. The Morgan fingerprint density at radius 1 is 0.533 bits per heavy atom. The summed E-state index contributed by atoms with van der Waals surface area (Å²) >= 11 is 0. The number of hydrogen-bond donors (Lipinski definition) is 1. The Kier molecular flexibility index (Phi) is 40.9. The number of carbonyl (C=O) groups excluding carboxylic acids is 4. The van der Waals surface area contributed by atoms with E-state index in [1.54, 1.807) is 20.8 Å². The first kappa shape index (κ1) is 86.9. The standard InChI is InChI=1S/C87H122N4O16/c1-8-10-12-14-16-18-20-21-22-24-25-27-44-56-72(98-58-66-46-34-29-35-47-66)71(89-82(93)73(105-86(95)87(4,5)6)57-45-28-26-23-19-17-15-13-11-9-2)63-103-85-81(102-62-70-54-42-33-43-55-70)78(101-61-69-52-40-32-41-53-69)79(80(107-85)83(94)96-7)106-84-75(90-91-88)77(100-60-68-50-38-31-39-51-68)76(74(104-84)64-97-65(3)92)99-59-67-48-36-30-37-49-67/h29-44,46-56,71-81,84-85H,8-28,45,57-64H2,1-7H3,(H,89,93)/b56-44+/t71-,72+,73-,74+,75+,76+,77+,78-,79-,80-,81+,84+,85-/m0/s1. The van der Waals surface area contributed by atoms with Gasteiger partial charge in [0.15, 0.2) is 24.8 Å². The SMILES string of the molecule is CCCCCCCCCCCCC/C=C/[C@@H](OCc1ccccc1)[C@H](CO[C@H]1O[C@H](C(=O)OC)[C@@H](O[C@H]2O[C@H](COC(C)=O)[C@@H](OCc3ccccc3)[C@H](OCc3ccccc3)[C@H]2N=[N+]=[N-])[C@H](OCc2ccccc2)[C@H]1OCc1ccccc1)NC(=O)[C@H](CCCCCCCCCCCC)OC(=O)C(C)(C)C. The van der Waals surface area contributed by atoms with E-state index < -0.39 is 109 Å². The number of ether oxygens (including phenoxy) is 12. The van der Waals surface area contributed by atoms with Crippen LogP contribution in [0.4, 0.5) is 0 Å². The van der Waals surface area contributed by atoms with Gasteiger partial charge in [-0.1, -0.05) is 305 Å². The molecule has 0 radical (unpaired) electrons. The van der Waals surface area contributed by atoms with E-state index in [0.717, 1.165) is 79.2 Å². The lowest BCUT2D eigenvalue weighted by molar-refractivity contribution is -0.354. The fourth-order valence-electron chi connectivity index (χ4n) is 13.2. The monoisotopic (exact) mass is 1480 g/mol. The molecule has 7 rings (SSSR count). The fourth-order valence-corrected chi connectivity index (χ4v) is 13.2. The molecule has 107 heavy (non-hydrogen) atoms. The zero-order chi connectivity index (χ0) is 76.1. The van der Waals surface area contributed by atoms with Gasteiger partial charge in [0, 0.05) is 11.8 Å². The van der Waals surface area contributed by atoms with Crippen LogP contribution in [-0.4, -0.2) is 124 Å². The van der Waals surface area contributed by atoms with Gasteiger partial charge in [0.2, 0.25) is 0 Å². The van der Waals surface area contributed by atoms with Crippen LogP contribution in [0.25, 0.3) is 10.4 Å². The minimum Gasteiger partial charge on any atom is -0.467 e. The summed E-state index contributed by atoms with van der Waals surface area (Å²) in [5, 5.41) is 7.61. The second-order valence-corrected chi connectivity index (χ2v) is 29.2. The van der Waals surface area contributed by atoms with Crippen molar-refractivity contribution in [1.29, 1.82) is 0 Å². The summed E-state index contributed by atoms with van der Waals surface area (Å²) in [6.07, 6.45) is 14.8. The van der Waals surface area contributed by atoms with E-state index >= 15 is 4.79 Å². The first-order valence-corrected chi connectivity index (χ1v) is 39.5. The lowest BCUT2D eigenvalue weighted by Crippen LogP contribution is -2.66. The van der Waals surface area contributed by atoms with Crippen molar-refractivity contribution < 1.29 is 76.0 Å². The van der Waals surface area contributed by atoms with E-state index in [9.17, 15) is 19.9 Å². The smallest absolute Gasteiger partial charge is 0.337 e. The Morgan fingerprint density at radius 2 is 0.972 bits per heavy atom. The molecule has 13 atom stereocenters. The molecule has 20 heteroatoms. The van der Waals surface area contributed by atoms with Crippen LogP contribution in [0.5, 0.6) is 0 Å². The maximum atomic E-state index is 15.4. The molecule has 2 fully saturated rings. The van der Waals surface area contributed by atoms with Crippen LogP contribution < -0.4 is 5.32 Å². The molecule has 5 aromatic rings. The number of hydrogen-bond acceptors (Lipinski definition) is 17. The molecular weight excluding hydrogens is 1360 g/mol. The molecule has 2 aliphatic rings. The molecular formula is C87H122N4O16. The number of carbonyl (C=O) groups is 4. The van der Waals surface area contributed by atoms with Crippen molar-refractivity contribution >= 4 is 23.8 Å². The minimum absolute atomic E-state index is 0.0204. The largest absolute Gasteiger partial charge is 0.467 e. The summed E-state index contributed by atoms with van der Waals surface area (Å²) in [5.41, 5.74) is 13.7. The van der Waals surface area contributed by atoms with Crippen LogP contribution >= 0.6 is 0 Å². The number of nitrogens with zero attached hydrogens (tertiary/aromatic N) is 3. The Balaban J connectivity index is 1.29. The van der Waals surface area contributed by atoms with Crippen molar-refractivity contribution in [3.05, 3.63) is 202 Å². The van der Waals surface area contributed by atoms with Crippen molar-refractivity contribution in [2.24, 2.45) is 10.5 Å². The van der Waals surface area contributed by atoms with Gasteiger partial charge in [0.1, 0.15) is 49.3 Å². The lowest BCUT2D eigenvalue weighted by Gasteiger charge is -2.49. The van der Waals surface area contributed by atoms with Crippen LogP contribution in [0.2, 0.25) is 0 Å². The zero-order valence-electron chi connectivity index (χ0n) is 64.7. The topological polar surface area (TPSA) is 240 Å². The molecule has 5 aromatic carbocycles. The Bertz CT molecular complexity index is 3310. The normalized spacial score (nSPS) is 21.0. The van der Waals surface area contributed by atoms with Gasteiger partial charge in [-0.2, -0.15) is 0 Å². The van der Waals surface area contributed by atoms with E-state index in [-0.39, 0.29) is 52.7 Å². The summed E-state index contributed by atoms with van der Waals surface area (Å²) in [7, 11) is 1.22. The Labute approximate surface area is 636 Å². The summed E-state index contributed by atoms with van der Waals surface area (Å²) in [4.78, 5) is 60.4. The van der Waals surface area contributed by atoms with E-state index in [1.165, 1.54) is 97.5 Å². The third-order valence-corrected chi connectivity index (χ3v) is 19.3. The molecule has 1 N–H and O–H groups in total. The average molecular weight is 1480 g/mol. The maximum absolute atomic E-state index is 15.4. The van der Waals surface area contributed by atoms with Gasteiger partial charge in [-0.25, -0.2) is 4.79 Å². The highest BCUT2D eigenvalue weighted by Gasteiger charge is 2.56. The van der Waals surface area contributed by atoms with E-state index in [1.807, 2.05) is 158 Å². The zero-order valence-corrected chi connectivity index (χ0v) is 64.7. The van der Waals surface area contributed by atoms with Crippen molar-refractivity contribution in [3.63, 3.8) is 0 Å². The number of allylic oxidation sites excluding steroid dienone is 1. The van der Waals surface area contributed by atoms with Gasteiger partial charge >= 0.3 is 17.9 Å². The number of esters is 3. The highest BCUT2D eigenvalue weighted by molar-refractivity contribution is 5.85.